The maximum absolute atomic E-state index is 12.1. The molecule has 1 aromatic carbocycles. The Labute approximate surface area is 152 Å². The fraction of sp³-hybridized carbons (Fsp3) is 0.682. The van der Waals surface area contributed by atoms with Crippen molar-refractivity contribution in [3.05, 3.63) is 33.9 Å². The van der Waals surface area contributed by atoms with Crippen LogP contribution in [0.2, 0.25) is 0 Å². The van der Waals surface area contributed by atoms with E-state index >= 15 is 0 Å². The summed E-state index contributed by atoms with van der Waals surface area (Å²) in [5, 5.41) is 0. The summed E-state index contributed by atoms with van der Waals surface area (Å²) in [7, 11) is 1.88. The van der Waals surface area contributed by atoms with Gasteiger partial charge in [-0.05, 0) is 82.2 Å². The first-order valence-electron chi connectivity index (χ1n) is 9.74. The van der Waals surface area contributed by atoms with Gasteiger partial charge in [0.25, 0.3) is 0 Å². The molecule has 0 N–H and O–H groups in total. The number of Topliss-reactive ketones (excluding diaryl/α,β-unsaturated/α-hetero) is 1. The number of methoxy groups -OCH3 is 1. The predicted octanol–water partition coefficient (Wildman–Crippen LogP) is 4.60. The Hall–Kier alpha value is -1.19. The molecule has 1 spiro atoms. The zero-order chi connectivity index (χ0) is 18.2. The van der Waals surface area contributed by atoms with E-state index in [1.165, 1.54) is 48.8 Å². The maximum Gasteiger partial charge on any atom is 0.160 e. The third kappa shape index (κ3) is 3.41. The highest BCUT2D eigenvalue weighted by Crippen LogP contribution is 2.46. The van der Waals surface area contributed by atoms with Gasteiger partial charge in [0.2, 0.25) is 0 Å². The molecule has 2 fully saturated rings. The molecule has 1 saturated heterocycles. The molecule has 0 aromatic heterocycles. The van der Waals surface area contributed by atoms with Gasteiger partial charge in [-0.25, -0.2) is 0 Å². The van der Waals surface area contributed by atoms with Crippen LogP contribution in [0, 0.1) is 26.2 Å². The van der Waals surface area contributed by atoms with Crippen LogP contribution in [0.1, 0.15) is 71.6 Å². The molecule has 1 aliphatic heterocycles. The number of hydrogen-bond acceptors (Lipinski definition) is 3. The molecule has 1 saturated carbocycles. The van der Waals surface area contributed by atoms with Gasteiger partial charge in [-0.1, -0.05) is 12.5 Å². The number of ketones is 1. The van der Waals surface area contributed by atoms with Crippen LogP contribution in [0.4, 0.5) is 0 Å². The molecule has 3 heteroatoms. The van der Waals surface area contributed by atoms with Gasteiger partial charge < -0.3 is 4.74 Å². The molecule has 2 aliphatic rings. The molecule has 1 aromatic rings. The summed E-state index contributed by atoms with van der Waals surface area (Å²) in [4.78, 5) is 14.7. The van der Waals surface area contributed by atoms with Gasteiger partial charge in [0.1, 0.15) is 0 Å². The van der Waals surface area contributed by atoms with Crippen molar-refractivity contribution >= 4 is 5.78 Å². The van der Waals surface area contributed by atoms with Crippen LogP contribution >= 0.6 is 0 Å². The molecule has 25 heavy (non-hydrogen) atoms. The summed E-state index contributed by atoms with van der Waals surface area (Å²) in [6.45, 7) is 11.3. The molecule has 2 atom stereocenters. The highest BCUT2D eigenvalue weighted by molar-refractivity contribution is 5.97. The van der Waals surface area contributed by atoms with Crippen molar-refractivity contribution < 1.29 is 9.53 Å². The van der Waals surface area contributed by atoms with Crippen LogP contribution in [0.5, 0.6) is 0 Å². The first-order valence-corrected chi connectivity index (χ1v) is 9.74. The Bertz CT molecular complexity index is 666. The summed E-state index contributed by atoms with van der Waals surface area (Å²) in [5.74, 6) is 0.182. The number of benzene rings is 1. The number of carbonyl (C=O) groups is 1. The second-order valence-corrected chi connectivity index (χ2v) is 8.34. The monoisotopic (exact) mass is 343 g/mol. The number of piperidine rings is 1. The van der Waals surface area contributed by atoms with E-state index in [1.54, 1.807) is 6.92 Å². The Balaban J connectivity index is 1.85. The third-order valence-electron chi connectivity index (χ3n) is 6.66. The Morgan fingerprint density at radius 2 is 1.96 bits per heavy atom. The van der Waals surface area contributed by atoms with E-state index in [0.29, 0.717) is 11.5 Å². The Kier molecular flexibility index (Phi) is 5.36. The van der Waals surface area contributed by atoms with Gasteiger partial charge in [0.15, 0.2) is 5.78 Å². The predicted molar refractivity (Wildman–Crippen MR) is 102 cm³/mol. The second kappa shape index (κ2) is 7.20. The molecule has 1 heterocycles. The minimum Gasteiger partial charge on any atom is -0.381 e. The van der Waals surface area contributed by atoms with Gasteiger partial charge in [0, 0.05) is 31.2 Å². The number of rotatable bonds is 4. The summed E-state index contributed by atoms with van der Waals surface area (Å²) in [6, 6.07) is 2.19. The number of ether oxygens (including phenoxy) is 1. The fourth-order valence-corrected chi connectivity index (χ4v) is 5.57. The van der Waals surface area contributed by atoms with E-state index in [4.69, 9.17) is 4.74 Å². The summed E-state index contributed by atoms with van der Waals surface area (Å²) in [5.41, 5.74) is 6.22. The van der Waals surface area contributed by atoms with Crippen LogP contribution < -0.4 is 0 Å². The molecule has 0 radical (unpaired) electrons. The lowest BCUT2D eigenvalue weighted by molar-refractivity contribution is -0.0367. The first kappa shape index (κ1) is 18.6. The number of likely N-dealkylation sites (tertiary alicyclic amines) is 1. The molecule has 0 bridgehead atoms. The highest BCUT2D eigenvalue weighted by atomic mass is 16.5. The van der Waals surface area contributed by atoms with Crippen LogP contribution in [0.3, 0.4) is 0 Å². The lowest BCUT2D eigenvalue weighted by Crippen LogP contribution is -2.47. The van der Waals surface area contributed by atoms with E-state index in [0.717, 1.165) is 30.8 Å². The zero-order valence-corrected chi connectivity index (χ0v) is 16.6. The van der Waals surface area contributed by atoms with Gasteiger partial charge >= 0.3 is 0 Å². The van der Waals surface area contributed by atoms with E-state index in [9.17, 15) is 4.79 Å². The van der Waals surface area contributed by atoms with Crippen molar-refractivity contribution in [1.82, 2.24) is 4.90 Å². The number of carbonyl (C=O) groups excluding carboxylic acids is 1. The van der Waals surface area contributed by atoms with Crippen molar-refractivity contribution in [3.63, 3.8) is 0 Å². The van der Waals surface area contributed by atoms with Gasteiger partial charge in [-0.15, -0.1) is 0 Å². The lowest BCUT2D eigenvalue weighted by atomic mass is 9.76. The smallest absolute Gasteiger partial charge is 0.160 e. The minimum atomic E-state index is 0.182. The third-order valence-corrected chi connectivity index (χ3v) is 6.66. The van der Waals surface area contributed by atoms with E-state index in [2.05, 4.69) is 31.7 Å². The van der Waals surface area contributed by atoms with Crippen LogP contribution in [0.25, 0.3) is 0 Å². The van der Waals surface area contributed by atoms with E-state index in [1.807, 2.05) is 7.11 Å². The van der Waals surface area contributed by atoms with Crippen molar-refractivity contribution in [2.24, 2.45) is 5.41 Å². The molecule has 3 nitrogen and oxygen atoms in total. The summed E-state index contributed by atoms with van der Waals surface area (Å²) < 4.78 is 5.85. The zero-order valence-electron chi connectivity index (χ0n) is 16.6. The van der Waals surface area contributed by atoms with Crippen molar-refractivity contribution in [1.29, 1.82) is 0 Å². The van der Waals surface area contributed by atoms with Crippen molar-refractivity contribution in [2.75, 3.05) is 20.2 Å². The summed E-state index contributed by atoms with van der Waals surface area (Å²) in [6.07, 6.45) is 6.77. The van der Waals surface area contributed by atoms with Crippen LogP contribution in [-0.2, 0) is 11.3 Å². The van der Waals surface area contributed by atoms with E-state index in [-0.39, 0.29) is 5.78 Å². The van der Waals surface area contributed by atoms with Gasteiger partial charge in [-0.3, -0.25) is 9.69 Å². The molecule has 0 unspecified atom stereocenters. The molecule has 138 valence electrons. The first-order chi connectivity index (χ1) is 11.9. The molecule has 3 rings (SSSR count). The SMILES string of the molecule is CO[C@@H]1CCC[C@@]12CCCN(Cc1c(C)cc(C)c(C(C)=O)c1C)C2. The minimum absolute atomic E-state index is 0.182. The van der Waals surface area contributed by atoms with Crippen molar-refractivity contribution in [3.8, 4) is 0 Å². The molecular weight excluding hydrogens is 310 g/mol. The normalized spacial score (nSPS) is 27.2. The number of nitrogens with zero attached hydrogens (tertiary/aromatic N) is 1. The summed E-state index contributed by atoms with van der Waals surface area (Å²) >= 11 is 0. The molecule has 0 amide bonds. The van der Waals surface area contributed by atoms with Crippen LogP contribution in [-0.4, -0.2) is 37.0 Å². The highest BCUT2D eigenvalue weighted by Gasteiger charge is 2.45. The maximum atomic E-state index is 12.1. The molecule has 1 aliphatic carbocycles. The average Bonchev–Trinajstić information content (AvgIpc) is 2.92. The van der Waals surface area contributed by atoms with E-state index < -0.39 is 0 Å². The van der Waals surface area contributed by atoms with Gasteiger partial charge in [0.05, 0.1) is 6.10 Å². The average molecular weight is 344 g/mol. The van der Waals surface area contributed by atoms with Crippen LogP contribution in [0.15, 0.2) is 6.07 Å². The van der Waals surface area contributed by atoms with Crippen molar-refractivity contribution in [2.45, 2.75) is 72.4 Å². The van der Waals surface area contributed by atoms with Gasteiger partial charge in [-0.2, -0.15) is 0 Å². The Morgan fingerprint density at radius 3 is 2.64 bits per heavy atom. The lowest BCUT2D eigenvalue weighted by Gasteiger charge is -2.44. The molecular formula is C22H33NO2. The topological polar surface area (TPSA) is 29.5 Å². The Morgan fingerprint density at radius 1 is 1.24 bits per heavy atom. The standard InChI is InChI=1S/C22H33NO2/c1-15-12-16(2)21(18(4)24)17(3)19(15)13-23-11-7-10-22(14-23)9-6-8-20(22)25-5/h12,20H,6-11,13-14H2,1-5H3/t20-,22+/m1/s1. The fourth-order valence-electron chi connectivity index (χ4n) is 5.57. The number of aryl methyl sites for hydroxylation is 2. The number of hydrogen-bond donors (Lipinski definition) is 0. The quantitative estimate of drug-likeness (QED) is 0.749. The largest absolute Gasteiger partial charge is 0.381 e. The second-order valence-electron chi connectivity index (χ2n) is 8.34.